The Bertz CT molecular complexity index is 658. The molecule has 0 radical (unpaired) electrons. The van der Waals surface area contributed by atoms with Gasteiger partial charge in [0.1, 0.15) is 5.82 Å². The Hall–Kier alpha value is -1.91. The molecule has 0 heterocycles. The van der Waals surface area contributed by atoms with Gasteiger partial charge < -0.3 is 10.6 Å². The third-order valence-corrected chi connectivity index (χ3v) is 3.72. The highest BCUT2D eigenvalue weighted by Crippen LogP contribution is 2.21. The maximum Gasteiger partial charge on any atom is 0.238 e. The van der Waals surface area contributed by atoms with Crippen molar-refractivity contribution in [2.24, 2.45) is 5.92 Å². The zero-order valence-corrected chi connectivity index (χ0v) is 13.9. The van der Waals surface area contributed by atoms with Crippen LogP contribution in [0.1, 0.15) is 25.5 Å². The van der Waals surface area contributed by atoms with Crippen LogP contribution >= 0.6 is 11.6 Å². The normalized spacial score (nSPS) is 12.2. The van der Waals surface area contributed by atoms with Gasteiger partial charge in [-0.2, -0.15) is 0 Å². The number of hydrogen-bond acceptors (Lipinski definition) is 2. The van der Waals surface area contributed by atoms with Gasteiger partial charge in [0.2, 0.25) is 5.91 Å². The van der Waals surface area contributed by atoms with Gasteiger partial charge in [-0.3, -0.25) is 4.79 Å². The molecule has 2 aromatic carbocycles. The molecule has 0 unspecified atom stereocenters. The van der Waals surface area contributed by atoms with Gasteiger partial charge in [0.25, 0.3) is 0 Å². The number of carbonyl (C=O) groups excluding carboxylic acids is 1. The highest BCUT2D eigenvalue weighted by molar-refractivity contribution is 6.30. The topological polar surface area (TPSA) is 41.1 Å². The summed E-state index contributed by atoms with van der Waals surface area (Å²) in [4.78, 5) is 12.1. The third-order valence-electron chi connectivity index (χ3n) is 3.49. The Morgan fingerprint density at radius 3 is 2.48 bits per heavy atom. The fourth-order valence-electron chi connectivity index (χ4n) is 2.38. The number of benzene rings is 2. The van der Waals surface area contributed by atoms with E-state index in [1.807, 2.05) is 0 Å². The highest BCUT2D eigenvalue weighted by Gasteiger charge is 2.16. The van der Waals surface area contributed by atoms with Gasteiger partial charge in [-0.05, 0) is 41.8 Å². The van der Waals surface area contributed by atoms with E-state index in [0.717, 1.165) is 5.56 Å². The van der Waals surface area contributed by atoms with Crippen molar-refractivity contribution in [1.82, 2.24) is 5.32 Å². The van der Waals surface area contributed by atoms with E-state index in [9.17, 15) is 9.18 Å². The Labute approximate surface area is 140 Å². The third kappa shape index (κ3) is 5.34. The molecule has 0 saturated carbocycles. The molecule has 0 spiro atoms. The lowest BCUT2D eigenvalue weighted by Crippen LogP contribution is -2.33. The number of rotatable bonds is 6. The lowest BCUT2D eigenvalue weighted by molar-refractivity contribution is -0.115. The summed E-state index contributed by atoms with van der Waals surface area (Å²) >= 11 is 5.89. The van der Waals surface area contributed by atoms with Gasteiger partial charge in [-0.15, -0.1) is 0 Å². The first-order valence-corrected chi connectivity index (χ1v) is 7.88. The number of nitrogens with one attached hydrogen (secondary N) is 2. The van der Waals surface area contributed by atoms with Gasteiger partial charge >= 0.3 is 0 Å². The second kappa shape index (κ2) is 8.09. The average Bonchev–Trinajstić information content (AvgIpc) is 2.49. The largest absolute Gasteiger partial charge is 0.325 e. The van der Waals surface area contributed by atoms with E-state index in [4.69, 9.17) is 11.6 Å². The van der Waals surface area contributed by atoms with Crippen LogP contribution in [0.2, 0.25) is 5.02 Å². The second-order valence-corrected chi connectivity index (χ2v) is 6.15. The number of anilines is 1. The average molecular weight is 335 g/mol. The van der Waals surface area contributed by atoms with E-state index < -0.39 is 0 Å². The van der Waals surface area contributed by atoms with Crippen molar-refractivity contribution in [3.8, 4) is 0 Å². The van der Waals surface area contributed by atoms with Crippen molar-refractivity contribution in [2.45, 2.75) is 19.9 Å². The first kappa shape index (κ1) is 17.4. The van der Waals surface area contributed by atoms with Crippen molar-refractivity contribution >= 4 is 23.2 Å². The van der Waals surface area contributed by atoms with Crippen LogP contribution in [0.4, 0.5) is 10.1 Å². The molecule has 0 saturated heterocycles. The van der Waals surface area contributed by atoms with Crippen LogP contribution in [0.15, 0.2) is 48.5 Å². The molecule has 0 fully saturated rings. The van der Waals surface area contributed by atoms with E-state index in [0.29, 0.717) is 10.7 Å². The summed E-state index contributed by atoms with van der Waals surface area (Å²) in [6, 6.07) is 13.3. The van der Waals surface area contributed by atoms with Gasteiger partial charge in [-0.1, -0.05) is 43.6 Å². The molecule has 2 N–H and O–H groups in total. The minimum atomic E-state index is -0.269. The van der Waals surface area contributed by atoms with Gasteiger partial charge in [0.05, 0.1) is 6.54 Å². The summed E-state index contributed by atoms with van der Waals surface area (Å²) in [5.74, 6) is -0.158. The Morgan fingerprint density at radius 1 is 1.17 bits per heavy atom. The molecule has 0 aliphatic carbocycles. The number of hydrogen-bond donors (Lipinski definition) is 2. The summed E-state index contributed by atoms with van der Waals surface area (Å²) in [6.07, 6.45) is 0. The first-order chi connectivity index (χ1) is 11.0. The SMILES string of the molecule is CC(C)[C@H](NCC(=O)Nc1cccc(Cl)c1)c1ccc(F)cc1. The second-order valence-electron chi connectivity index (χ2n) is 5.71. The molecule has 0 aromatic heterocycles. The monoisotopic (exact) mass is 334 g/mol. The maximum absolute atomic E-state index is 13.0. The van der Waals surface area contributed by atoms with Crippen LogP contribution in [0, 0.1) is 11.7 Å². The van der Waals surface area contributed by atoms with Crippen molar-refractivity contribution in [3.05, 3.63) is 64.9 Å². The summed E-state index contributed by atoms with van der Waals surface area (Å²) in [6.45, 7) is 4.26. The predicted molar refractivity (Wildman–Crippen MR) is 92.1 cm³/mol. The molecule has 23 heavy (non-hydrogen) atoms. The van der Waals surface area contributed by atoms with E-state index in [2.05, 4.69) is 24.5 Å². The molecular formula is C18H20ClFN2O. The Kier molecular flexibility index (Phi) is 6.13. The molecule has 1 amide bonds. The quantitative estimate of drug-likeness (QED) is 0.821. The van der Waals surface area contributed by atoms with Crippen LogP contribution < -0.4 is 10.6 Å². The molecular weight excluding hydrogens is 315 g/mol. The fraction of sp³-hybridized carbons (Fsp3) is 0.278. The van der Waals surface area contributed by atoms with E-state index in [1.54, 1.807) is 36.4 Å². The van der Waals surface area contributed by atoms with Crippen LogP contribution in [0.5, 0.6) is 0 Å². The standard InChI is InChI=1S/C18H20ClFN2O/c1-12(2)18(13-6-8-15(20)9-7-13)21-11-17(23)22-16-5-3-4-14(19)10-16/h3-10,12,18,21H,11H2,1-2H3,(H,22,23)/t18-/m0/s1. The van der Waals surface area contributed by atoms with E-state index in [-0.39, 0.29) is 30.2 Å². The Morgan fingerprint density at radius 2 is 1.87 bits per heavy atom. The number of halogens is 2. The van der Waals surface area contributed by atoms with Crippen LogP contribution in [0.3, 0.4) is 0 Å². The van der Waals surface area contributed by atoms with E-state index >= 15 is 0 Å². The number of amides is 1. The molecule has 3 nitrogen and oxygen atoms in total. The molecule has 2 aromatic rings. The van der Waals surface area contributed by atoms with Crippen molar-refractivity contribution < 1.29 is 9.18 Å². The summed E-state index contributed by atoms with van der Waals surface area (Å²) in [7, 11) is 0. The highest BCUT2D eigenvalue weighted by atomic mass is 35.5. The minimum absolute atomic E-state index is 0.0271. The molecule has 5 heteroatoms. The minimum Gasteiger partial charge on any atom is -0.325 e. The first-order valence-electron chi connectivity index (χ1n) is 7.50. The van der Waals surface area contributed by atoms with Gasteiger partial charge in [-0.25, -0.2) is 4.39 Å². The van der Waals surface area contributed by atoms with Crippen molar-refractivity contribution in [2.75, 3.05) is 11.9 Å². The number of carbonyl (C=O) groups is 1. The lowest BCUT2D eigenvalue weighted by Gasteiger charge is -2.22. The van der Waals surface area contributed by atoms with Gasteiger partial charge in [0.15, 0.2) is 0 Å². The van der Waals surface area contributed by atoms with Crippen molar-refractivity contribution in [3.63, 3.8) is 0 Å². The molecule has 0 aliphatic heterocycles. The van der Waals surface area contributed by atoms with Crippen LogP contribution in [-0.2, 0) is 4.79 Å². The molecule has 122 valence electrons. The molecule has 0 bridgehead atoms. The van der Waals surface area contributed by atoms with E-state index in [1.165, 1.54) is 12.1 Å². The smallest absolute Gasteiger partial charge is 0.238 e. The van der Waals surface area contributed by atoms with Gasteiger partial charge in [0, 0.05) is 16.8 Å². The summed E-state index contributed by atoms with van der Waals surface area (Å²) in [5, 5.41) is 6.59. The maximum atomic E-state index is 13.0. The van der Waals surface area contributed by atoms with Crippen LogP contribution in [-0.4, -0.2) is 12.5 Å². The van der Waals surface area contributed by atoms with Crippen LogP contribution in [0.25, 0.3) is 0 Å². The lowest BCUT2D eigenvalue weighted by atomic mass is 9.96. The summed E-state index contributed by atoms with van der Waals surface area (Å²) < 4.78 is 13.0. The predicted octanol–water partition coefficient (Wildman–Crippen LogP) is 4.40. The zero-order chi connectivity index (χ0) is 16.8. The fourth-order valence-corrected chi connectivity index (χ4v) is 2.57. The Balaban J connectivity index is 1.96. The van der Waals surface area contributed by atoms with Crippen molar-refractivity contribution in [1.29, 1.82) is 0 Å². The molecule has 0 aliphatic rings. The zero-order valence-electron chi connectivity index (χ0n) is 13.1. The molecule has 2 rings (SSSR count). The summed E-state index contributed by atoms with van der Waals surface area (Å²) in [5.41, 5.74) is 1.61. The molecule has 1 atom stereocenters.